The first kappa shape index (κ1) is 13.9. The molecule has 1 N–H and O–H groups in total. The lowest BCUT2D eigenvalue weighted by Gasteiger charge is -2.25. The molecule has 0 unspecified atom stereocenters. The van der Waals surface area contributed by atoms with Crippen molar-refractivity contribution < 1.29 is 9.90 Å². The van der Waals surface area contributed by atoms with E-state index in [-0.39, 0.29) is 11.9 Å². The highest BCUT2D eigenvalue weighted by Crippen LogP contribution is 2.24. The molecule has 1 amide bonds. The number of aliphatic hydroxyl groups excluding tert-OH is 1. The molecule has 2 saturated heterocycles. The Bertz CT molecular complexity index is 502. The molecule has 2 fully saturated rings. The average Bonchev–Trinajstić information content (AvgIpc) is 3.07. The first-order valence-electron chi connectivity index (χ1n) is 7.13. The van der Waals surface area contributed by atoms with Gasteiger partial charge in [-0.05, 0) is 38.1 Å². The van der Waals surface area contributed by atoms with Crippen molar-refractivity contribution in [2.45, 2.75) is 25.0 Å². The molecule has 0 aromatic heterocycles. The summed E-state index contributed by atoms with van der Waals surface area (Å²) in [6, 6.07) is 7.15. The molecule has 0 aliphatic carbocycles. The molecule has 2 atom stereocenters. The molecule has 20 heavy (non-hydrogen) atoms. The van der Waals surface area contributed by atoms with Crippen molar-refractivity contribution in [3.05, 3.63) is 34.9 Å². The minimum absolute atomic E-state index is 0.0731. The summed E-state index contributed by atoms with van der Waals surface area (Å²) in [6.45, 7) is 3.03. The first-order chi connectivity index (χ1) is 9.66. The molecule has 2 aliphatic heterocycles. The molecule has 0 saturated carbocycles. The summed E-state index contributed by atoms with van der Waals surface area (Å²) in [5.74, 6) is -0.0867. The van der Waals surface area contributed by atoms with Crippen LogP contribution < -0.4 is 0 Å². The number of likely N-dealkylation sites (tertiary alicyclic amines) is 2. The van der Waals surface area contributed by atoms with Crippen molar-refractivity contribution in [3.63, 3.8) is 0 Å². The predicted molar refractivity (Wildman–Crippen MR) is 78.0 cm³/mol. The number of amides is 1. The number of halogens is 1. The van der Waals surface area contributed by atoms with Crippen LogP contribution in [0.5, 0.6) is 0 Å². The number of rotatable bonds is 2. The van der Waals surface area contributed by atoms with E-state index in [1.165, 1.54) is 12.8 Å². The van der Waals surface area contributed by atoms with E-state index in [9.17, 15) is 9.90 Å². The predicted octanol–water partition coefficient (Wildman–Crippen LogP) is 1.62. The molecular weight excluding hydrogens is 276 g/mol. The maximum absolute atomic E-state index is 12.5. The van der Waals surface area contributed by atoms with Crippen LogP contribution in [-0.4, -0.2) is 59.1 Å². The minimum Gasteiger partial charge on any atom is -0.390 e. The summed E-state index contributed by atoms with van der Waals surface area (Å²) in [7, 11) is 0. The van der Waals surface area contributed by atoms with Gasteiger partial charge in [-0.1, -0.05) is 23.7 Å². The molecular formula is C15H19ClN2O2. The van der Waals surface area contributed by atoms with Gasteiger partial charge in [0.2, 0.25) is 0 Å². The van der Waals surface area contributed by atoms with Crippen LogP contribution in [0.3, 0.4) is 0 Å². The van der Waals surface area contributed by atoms with E-state index in [0.29, 0.717) is 23.7 Å². The Morgan fingerprint density at radius 2 is 1.90 bits per heavy atom. The minimum atomic E-state index is -0.459. The zero-order chi connectivity index (χ0) is 14.1. The number of hydrogen-bond acceptors (Lipinski definition) is 3. The maximum Gasteiger partial charge on any atom is 0.255 e. The summed E-state index contributed by atoms with van der Waals surface area (Å²) in [6.07, 6.45) is 1.91. The summed E-state index contributed by atoms with van der Waals surface area (Å²) < 4.78 is 0. The average molecular weight is 295 g/mol. The summed E-state index contributed by atoms with van der Waals surface area (Å²) in [4.78, 5) is 16.5. The van der Waals surface area contributed by atoms with Crippen molar-refractivity contribution in [2.75, 3.05) is 26.2 Å². The smallest absolute Gasteiger partial charge is 0.255 e. The van der Waals surface area contributed by atoms with Gasteiger partial charge >= 0.3 is 0 Å². The van der Waals surface area contributed by atoms with Crippen LogP contribution in [0.4, 0.5) is 0 Å². The molecule has 108 valence electrons. The van der Waals surface area contributed by atoms with Gasteiger partial charge in [0, 0.05) is 13.1 Å². The van der Waals surface area contributed by atoms with Crippen LogP contribution >= 0.6 is 11.6 Å². The van der Waals surface area contributed by atoms with Crippen molar-refractivity contribution >= 4 is 17.5 Å². The van der Waals surface area contributed by atoms with Crippen LogP contribution in [0.2, 0.25) is 5.02 Å². The lowest BCUT2D eigenvalue weighted by atomic mass is 10.2. The number of aliphatic hydroxyl groups is 1. The monoisotopic (exact) mass is 294 g/mol. The SMILES string of the molecule is O=C(c1ccccc1Cl)N1C[C@@H](O)[C@H](N2CCCC2)C1. The molecule has 2 heterocycles. The van der Waals surface area contributed by atoms with E-state index >= 15 is 0 Å². The number of hydrogen-bond donors (Lipinski definition) is 1. The number of nitrogens with zero attached hydrogens (tertiary/aromatic N) is 2. The standard InChI is InChI=1S/C15H19ClN2O2/c16-12-6-2-1-5-11(12)15(20)18-9-13(14(19)10-18)17-7-3-4-8-17/h1-2,5-6,13-14,19H,3-4,7-10H2/t13-,14-/m1/s1. The van der Waals surface area contributed by atoms with Gasteiger partial charge in [0.15, 0.2) is 0 Å². The topological polar surface area (TPSA) is 43.8 Å². The largest absolute Gasteiger partial charge is 0.390 e. The molecule has 0 spiro atoms. The Kier molecular flexibility index (Phi) is 3.96. The van der Waals surface area contributed by atoms with Gasteiger partial charge in [0.05, 0.1) is 22.7 Å². The highest BCUT2D eigenvalue weighted by Gasteiger charge is 2.38. The normalized spacial score (nSPS) is 27.2. The van der Waals surface area contributed by atoms with E-state index < -0.39 is 6.10 Å². The van der Waals surface area contributed by atoms with Gasteiger partial charge in [-0.25, -0.2) is 0 Å². The van der Waals surface area contributed by atoms with Gasteiger partial charge in [0.1, 0.15) is 0 Å². The number of β-amino-alcohol motifs (C(OH)–C–C–N with tert-alkyl or cyclic N) is 1. The molecule has 2 aliphatic rings. The van der Waals surface area contributed by atoms with E-state index in [1.54, 1.807) is 17.0 Å². The number of carbonyl (C=O) groups is 1. The third-order valence-corrected chi connectivity index (χ3v) is 4.59. The van der Waals surface area contributed by atoms with Gasteiger partial charge < -0.3 is 10.0 Å². The van der Waals surface area contributed by atoms with E-state index in [1.807, 2.05) is 12.1 Å². The molecule has 4 nitrogen and oxygen atoms in total. The fourth-order valence-electron chi connectivity index (χ4n) is 3.17. The Labute approximate surface area is 123 Å². The van der Waals surface area contributed by atoms with Crippen molar-refractivity contribution in [1.29, 1.82) is 0 Å². The van der Waals surface area contributed by atoms with Gasteiger partial charge in [0.25, 0.3) is 5.91 Å². The van der Waals surface area contributed by atoms with E-state index in [0.717, 1.165) is 13.1 Å². The van der Waals surface area contributed by atoms with Gasteiger partial charge in [-0.2, -0.15) is 0 Å². The molecule has 0 radical (unpaired) electrons. The second-order valence-electron chi connectivity index (χ2n) is 5.57. The quantitative estimate of drug-likeness (QED) is 0.901. The lowest BCUT2D eigenvalue weighted by molar-refractivity contribution is 0.0763. The summed E-state index contributed by atoms with van der Waals surface area (Å²) in [5.41, 5.74) is 0.517. The second kappa shape index (κ2) is 5.72. The van der Waals surface area contributed by atoms with Crippen LogP contribution in [0.15, 0.2) is 24.3 Å². The zero-order valence-corrected chi connectivity index (χ0v) is 12.1. The Morgan fingerprint density at radius 1 is 1.20 bits per heavy atom. The van der Waals surface area contributed by atoms with Gasteiger partial charge in [-0.15, -0.1) is 0 Å². The van der Waals surface area contributed by atoms with Crippen molar-refractivity contribution in [1.82, 2.24) is 9.80 Å². The lowest BCUT2D eigenvalue weighted by Crippen LogP contribution is -2.41. The van der Waals surface area contributed by atoms with Crippen LogP contribution in [-0.2, 0) is 0 Å². The maximum atomic E-state index is 12.5. The second-order valence-corrected chi connectivity index (χ2v) is 5.97. The summed E-state index contributed by atoms with van der Waals surface area (Å²) >= 11 is 6.08. The van der Waals surface area contributed by atoms with E-state index in [4.69, 9.17) is 11.6 Å². The molecule has 3 rings (SSSR count). The Hall–Kier alpha value is -1.10. The fraction of sp³-hybridized carbons (Fsp3) is 0.533. The third-order valence-electron chi connectivity index (χ3n) is 4.26. The zero-order valence-electron chi connectivity index (χ0n) is 11.3. The number of carbonyl (C=O) groups excluding carboxylic acids is 1. The Morgan fingerprint density at radius 3 is 2.60 bits per heavy atom. The highest BCUT2D eigenvalue weighted by atomic mass is 35.5. The van der Waals surface area contributed by atoms with Crippen LogP contribution in [0, 0.1) is 0 Å². The first-order valence-corrected chi connectivity index (χ1v) is 7.50. The molecule has 0 bridgehead atoms. The van der Waals surface area contributed by atoms with Crippen LogP contribution in [0.1, 0.15) is 23.2 Å². The van der Waals surface area contributed by atoms with Crippen molar-refractivity contribution in [2.24, 2.45) is 0 Å². The summed E-state index contributed by atoms with van der Waals surface area (Å²) in [5, 5.41) is 10.7. The third kappa shape index (κ3) is 2.55. The van der Waals surface area contributed by atoms with Crippen LogP contribution in [0.25, 0.3) is 0 Å². The highest BCUT2D eigenvalue weighted by molar-refractivity contribution is 6.33. The molecule has 1 aromatic rings. The fourth-order valence-corrected chi connectivity index (χ4v) is 3.39. The number of benzene rings is 1. The Balaban J connectivity index is 1.72. The van der Waals surface area contributed by atoms with Gasteiger partial charge in [-0.3, -0.25) is 9.69 Å². The molecule has 1 aromatic carbocycles. The van der Waals surface area contributed by atoms with Crippen molar-refractivity contribution in [3.8, 4) is 0 Å². The molecule has 5 heteroatoms. The van der Waals surface area contributed by atoms with E-state index in [2.05, 4.69) is 4.90 Å².